The van der Waals surface area contributed by atoms with E-state index in [9.17, 15) is 0 Å². The number of aromatic nitrogens is 2. The Morgan fingerprint density at radius 3 is 2.23 bits per heavy atom. The first kappa shape index (κ1) is 22.4. The molecule has 186 valence electrons. The van der Waals surface area contributed by atoms with Crippen LogP contribution < -0.4 is 0 Å². The van der Waals surface area contributed by atoms with Gasteiger partial charge in [-0.1, -0.05) is 67.3 Å². The van der Waals surface area contributed by atoms with Gasteiger partial charge in [-0.05, 0) is 73.5 Å². The molecule has 3 aromatic heterocycles. The number of fused-ring (bicyclic) bond motifs is 7. The van der Waals surface area contributed by atoms with Crippen molar-refractivity contribution in [2.75, 3.05) is 0 Å². The summed E-state index contributed by atoms with van der Waals surface area (Å²) in [4.78, 5) is 0. The first-order valence-electron chi connectivity index (χ1n) is 13.5. The zero-order valence-corrected chi connectivity index (χ0v) is 22.3. The van der Waals surface area contributed by atoms with Crippen LogP contribution in [-0.4, -0.2) is 9.13 Å². The maximum Gasteiger partial charge on any atom is 0.0537 e. The minimum atomic E-state index is 1.06. The van der Waals surface area contributed by atoms with Crippen LogP contribution >= 0.6 is 11.3 Å². The number of rotatable bonds is 4. The molecule has 0 fully saturated rings. The van der Waals surface area contributed by atoms with Crippen molar-refractivity contribution in [1.82, 2.24) is 9.13 Å². The normalized spacial score (nSPS) is 13.3. The smallest absolute Gasteiger partial charge is 0.0537 e. The van der Waals surface area contributed by atoms with Gasteiger partial charge in [-0.2, -0.15) is 0 Å². The zero-order chi connectivity index (χ0) is 25.9. The van der Waals surface area contributed by atoms with Gasteiger partial charge >= 0.3 is 0 Å². The van der Waals surface area contributed by atoms with Crippen LogP contribution in [0.4, 0.5) is 0 Å². The molecule has 0 radical (unpaired) electrons. The summed E-state index contributed by atoms with van der Waals surface area (Å²) in [6.45, 7) is 3.87. The fourth-order valence-electron chi connectivity index (χ4n) is 6.25. The summed E-state index contributed by atoms with van der Waals surface area (Å²) in [5, 5.41) is 5.18. The molecule has 0 saturated carbocycles. The van der Waals surface area contributed by atoms with Crippen LogP contribution in [0.3, 0.4) is 0 Å². The van der Waals surface area contributed by atoms with Crippen LogP contribution in [0.2, 0.25) is 0 Å². The van der Waals surface area contributed by atoms with E-state index in [4.69, 9.17) is 0 Å². The molecule has 0 saturated heterocycles. The first-order valence-corrected chi connectivity index (χ1v) is 14.3. The Morgan fingerprint density at radius 1 is 0.718 bits per heavy atom. The molecule has 0 unspecified atom stereocenters. The molecule has 8 rings (SSSR count). The standard InChI is InChI=1S/C36H26N2S/c1-2-3-11-25-21-24-10-4-7-14-32(24)37(25)26-17-19-35-30(22-26)31-23-27(18-20-36(31)39-35)38-33-15-8-5-12-28(33)29-13-6-9-16-34(29)38/h2-8,10-15,17-23H,1,9,16H2/b11-3-. The Labute approximate surface area is 231 Å². The highest BCUT2D eigenvalue weighted by atomic mass is 32.1. The van der Waals surface area contributed by atoms with Crippen molar-refractivity contribution >= 4 is 65.5 Å². The number of thiophene rings is 1. The monoisotopic (exact) mass is 518 g/mol. The molecule has 4 aromatic carbocycles. The van der Waals surface area contributed by atoms with Crippen LogP contribution in [-0.2, 0) is 6.42 Å². The number of allylic oxidation sites excluding steroid dienone is 3. The fraction of sp³-hybridized carbons (Fsp3) is 0.0556. The molecule has 0 aliphatic heterocycles. The third-order valence-corrected chi connectivity index (χ3v) is 9.10. The van der Waals surface area contributed by atoms with Crippen molar-refractivity contribution in [2.45, 2.75) is 12.8 Å². The average molecular weight is 519 g/mol. The summed E-state index contributed by atoms with van der Waals surface area (Å²) < 4.78 is 7.47. The average Bonchev–Trinajstić information content (AvgIpc) is 3.64. The van der Waals surface area contributed by atoms with E-state index < -0.39 is 0 Å². The SMILES string of the molecule is C=C/C=C\c1cc2ccccc2n1-c1ccc2sc3ccc(-n4c5c(c6ccccc64)C=CCC5)cc3c2c1. The Bertz CT molecular complexity index is 2140. The van der Waals surface area contributed by atoms with Crippen LogP contribution in [0.15, 0.2) is 116 Å². The summed E-state index contributed by atoms with van der Waals surface area (Å²) in [7, 11) is 0. The molecule has 3 heteroatoms. The van der Waals surface area contributed by atoms with Gasteiger partial charge in [0.15, 0.2) is 0 Å². The molecule has 0 spiro atoms. The summed E-state index contributed by atoms with van der Waals surface area (Å²) >= 11 is 1.87. The summed E-state index contributed by atoms with van der Waals surface area (Å²) in [5.74, 6) is 0. The van der Waals surface area contributed by atoms with Gasteiger partial charge in [0.1, 0.15) is 0 Å². The van der Waals surface area contributed by atoms with Gasteiger partial charge in [0, 0.05) is 59.3 Å². The third-order valence-electron chi connectivity index (χ3n) is 7.94. The van der Waals surface area contributed by atoms with E-state index in [-0.39, 0.29) is 0 Å². The molecule has 0 amide bonds. The van der Waals surface area contributed by atoms with Crippen LogP contribution in [0.5, 0.6) is 0 Å². The van der Waals surface area contributed by atoms with Crippen molar-refractivity contribution in [2.24, 2.45) is 0 Å². The Kier molecular flexibility index (Phi) is 5.01. The zero-order valence-electron chi connectivity index (χ0n) is 21.5. The van der Waals surface area contributed by atoms with E-state index in [0.717, 1.165) is 18.5 Å². The van der Waals surface area contributed by atoms with Crippen LogP contribution in [0.25, 0.3) is 65.5 Å². The predicted octanol–water partition coefficient (Wildman–Crippen LogP) is 10.1. The number of hydrogen-bond acceptors (Lipinski definition) is 1. The van der Waals surface area contributed by atoms with Crippen LogP contribution in [0, 0.1) is 0 Å². The molecule has 0 N–H and O–H groups in total. The highest BCUT2D eigenvalue weighted by molar-refractivity contribution is 7.25. The number of hydrogen-bond donors (Lipinski definition) is 0. The highest BCUT2D eigenvalue weighted by Crippen LogP contribution is 2.39. The van der Waals surface area contributed by atoms with Crippen molar-refractivity contribution in [3.63, 3.8) is 0 Å². The molecular weight excluding hydrogens is 492 g/mol. The van der Waals surface area contributed by atoms with Crippen molar-refractivity contribution in [1.29, 1.82) is 0 Å². The molecule has 39 heavy (non-hydrogen) atoms. The molecule has 1 aliphatic rings. The second kappa shape index (κ2) is 8.72. The van der Waals surface area contributed by atoms with E-state index in [1.54, 1.807) is 0 Å². The van der Waals surface area contributed by atoms with Crippen molar-refractivity contribution in [3.05, 3.63) is 133 Å². The molecule has 7 aromatic rings. The van der Waals surface area contributed by atoms with Gasteiger partial charge in [0.2, 0.25) is 0 Å². The molecule has 0 bridgehead atoms. The first-order chi connectivity index (χ1) is 19.3. The quantitative estimate of drug-likeness (QED) is 0.205. The third kappa shape index (κ3) is 3.40. The van der Waals surface area contributed by atoms with Crippen molar-refractivity contribution in [3.8, 4) is 11.4 Å². The van der Waals surface area contributed by atoms with E-state index >= 15 is 0 Å². The highest BCUT2D eigenvalue weighted by Gasteiger charge is 2.19. The predicted molar refractivity (Wildman–Crippen MR) is 170 cm³/mol. The summed E-state index contributed by atoms with van der Waals surface area (Å²) in [5.41, 5.74) is 8.83. The van der Waals surface area contributed by atoms with Gasteiger partial charge in [0.05, 0.1) is 11.0 Å². The van der Waals surface area contributed by atoms with Gasteiger partial charge in [-0.15, -0.1) is 11.3 Å². The van der Waals surface area contributed by atoms with Crippen molar-refractivity contribution < 1.29 is 0 Å². The maximum atomic E-state index is 3.87. The topological polar surface area (TPSA) is 9.86 Å². The van der Waals surface area contributed by atoms with E-state index in [1.807, 2.05) is 23.5 Å². The maximum absolute atomic E-state index is 3.87. The van der Waals surface area contributed by atoms with Crippen LogP contribution in [0.1, 0.15) is 23.4 Å². The van der Waals surface area contributed by atoms with Gasteiger partial charge in [-0.25, -0.2) is 0 Å². The molecule has 0 atom stereocenters. The molecule has 1 aliphatic carbocycles. The number of nitrogens with zero attached hydrogens (tertiary/aromatic N) is 2. The minimum Gasteiger partial charge on any atom is -0.313 e. The summed E-state index contributed by atoms with van der Waals surface area (Å²) in [6, 6.07) is 33.5. The fourth-order valence-corrected chi connectivity index (χ4v) is 7.32. The lowest BCUT2D eigenvalue weighted by molar-refractivity contribution is 0.889. The lowest BCUT2D eigenvalue weighted by Crippen LogP contribution is -2.02. The largest absolute Gasteiger partial charge is 0.313 e. The Hall–Kier alpha value is -4.60. The Morgan fingerprint density at radius 2 is 1.44 bits per heavy atom. The second-order valence-corrected chi connectivity index (χ2v) is 11.3. The van der Waals surface area contributed by atoms with Gasteiger partial charge < -0.3 is 9.13 Å². The molecule has 2 nitrogen and oxygen atoms in total. The van der Waals surface area contributed by atoms with E-state index in [1.165, 1.54) is 64.6 Å². The molecular formula is C36H26N2S. The second-order valence-electron chi connectivity index (χ2n) is 10.2. The van der Waals surface area contributed by atoms with E-state index in [2.05, 4.69) is 125 Å². The number of para-hydroxylation sites is 2. The van der Waals surface area contributed by atoms with E-state index in [0.29, 0.717) is 0 Å². The Balaban J connectivity index is 1.36. The lowest BCUT2D eigenvalue weighted by Gasteiger charge is -2.13. The molecule has 3 heterocycles. The van der Waals surface area contributed by atoms with Gasteiger partial charge in [-0.3, -0.25) is 0 Å². The number of benzene rings is 4. The lowest BCUT2D eigenvalue weighted by atomic mass is 10.0. The minimum absolute atomic E-state index is 1.06. The summed E-state index contributed by atoms with van der Waals surface area (Å²) in [6.07, 6.45) is 12.7. The van der Waals surface area contributed by atoms with Gasteiger partial charge in [0.25, 0.3) is 0 Å².